The van der Waals surface area contributed by atoms with E-state index in [2.05, 4.69) is 5.32 Å². The number of anilines is 1. The first-order valence-electron chi connectivity index (χ1n) is 5.80. The minimum Gasteiger partial charge on any atom is -0.355 e. The van der Waals surface area contributed by atoms with E-state index in [1.165, 1.54) is 0 Å². The van der Waals surface area contributed by atoms with Gasteiger partial charge in [-0.1, -0.05) is 11.6 Å². The van der Waals surface area contributed by atoms with Crippen LogP contribution in [0.5, 0.6) is 0 Å². The van der Waals surface area contributed by atoms with Crippen LogP contribution in [0, 0.1) is 0 Å². The Balaban J connectivity index is 3.16. The minimum atomic E-state index is -3.56. The van der Waals surface area contributed by atoms with Gasteiger partial charge in [-0.2, -0.15) is 0 Å². The average molecular weight is 305 g/mol. The predicted octanol–water partition coefficient (Wildman–Crippen LogP) is 1.63. The number of hydrogen-bond donors (Lipinski definition) is 1. The third kappa shape index (κ3) is 4.11. The molecule has 1 amide bonds. The van der Waals surface area contributed by atoms with Crippen molar-refractivity contribution in [3.8, 4) is 0 Å². The number of carbonyl (C=O) groups is 1. The van der Waals surface area contributed by atoms with Crippen LogP contribution in [0.15, 0.2) is 24.3 Å². The van der Waals surface area contributed by atoms with Gasteiger partial charge in [-0.3, -0.25) is 9.10 Å². The van der Waals surface area contributed by atoms with E-state index >= 15 is 0 Å². The summed E-state index contributed by atoms with van der Waals surface area (Å²) in [6, 6.07) is 5.48. The van der Waals surface area contributed by atoms with E-state index in [9.17, 15) is 13.2 Å². The zero-order chi connectivity index (χ0) is 14.6. The molecule has 0 radical (unpaired) electrons. The summed E-state index contributed by atoms with van der Waals surface area (Å²) in [5.41, 5.74) is 0.408. The number of nitrogens with one attached hydrogen (secondary N) is 1. The van der Waals surface area contributed by atoms with Crippen molar-refractivity contribution in [1.29, 1.82) is 0 Å². The van der Waals surface area contributed by atoms with E-state index in [1.54, 1.807) is 38.1 Å². The molecule has 1 aromatic carbocycles. The maximum Gasteiger partial charge on any atom is 0.243 e. The van der Waals surface area contributed by atoms with Crippen molar-refractivity contribution in [3.05, 3.63) is 29.3 Å². The van der Waals surface area contributed by atoms with Crippen LogP contribution in [0.4, 0.5) is 5.69 Å². The van der Waals surface area contributed by atoms with Gasteiger partial charge in [-0.15, -0.1) is 0 Å². The SMILES string of the molecule is CCNC(=O)[C@H](C)N(c1ccc(Cl)cc1)S(C)(=O)=O. The molecule has 0 saturated heterocycles. The summed E-state index contributed by atoms with van der Waals surface area (Å²) in [4.78, 5) is 11.8. The molecule has 7 heteroatoms. The summed E-state index contributed by atoms with van der Waals surface area (Å²) in [5, 5.41) is 3.11. The molecule has 0 fully saturated rings. The lowest BCUT2D eigenvalue weighted by Gasteiger charge is -2.28. The molecule has 0 heterocycles. The number of likely N-dealkylation sites (N-methyl/N-ethyl adjacent to an activating group) is 1. The fourth-order valence-electron chi connectivity index (χ4n) is 1.72. The number of halogens is 1. The average Bonchev–Trinajstić information content (AvgIpc) is 2.30. The van der Waals surface area contributed by atoms with Gasteiger partial charge in [0.15, 0.2) is 0 Å². The van der Waals surface area contributed by atoms with Crippen molar-refractivity contribution in [1.82, 2.24) is 5.32 Å². The number of nitrogens with zero attached hydrogens (tertiary/aromatic N) is 1. The third-order valence-electron chi connectivity index (χ3n) is 2.52. The van der Waals surface area contributed by atoms with Crippen LogP contribution in [0.25, 0.3) is 0 Å². The molecule has 1 aromatic rings. The summed E-state index contributed by atoms with van der Waals surface area (Å²) in [6.45, 7) is 3.76. The van der Waals surface area contributed by atoms with Crippen molar-refractivity contribution in [2.24, 2.45) is 0 Å². The highest BCUT2D eigenvalue weighted by Crippen LogP contribution is 2.22. The Hall–Kier alpha value is -1.27. The van der Waals surface area contributed by atoms with Gasteiger partial charge in [0.2, 0.25) is 15.9 Å². The number of benzene rings is 1. The normalized spacial score (nSPS) is 12.8. The number of sulfonamides is 1. The van der Waals surface area contributed by atoms with E-state index in [-0.39, 0.29) is 5.91 Å². The lowest BCUT2D eigenvalue weighted by Crippen LogP contribution is -2.47. The first-order valence-corrected chi connectivity index (χ1v) is 8.02. The Morgan fingerprint density at radius 3 is 2.32 bits per heavy atom. The van der Waals surface area contributed by atoms with Gasteiger partial charge >= 0.3 is 0 Å². The molecule has 0 bridgehead atoms. The molecule has 0 saturated carbocycles. The molecule has 0 aliphatic carbocycles. The lowest BCUT2D eigenvalue weighted by atomic mass is 10.2. The summed E-state index contributed by atoms with van der Waals surface area (Å²) in [6.07, 6.45) is 1.07. The van der Waals surface area contributed by atoms with Gasteiger partial charge in [0.25, 0.3) is 0 Å². The summed E-state index contributed by atoms with van der Waals surface area (Å²) < 4.78 is 24.8. The highest BCUT2D eigenvalue weighted by atomic mass is 35.5. The highest BCUT2D eigenvalue weighted by Gasteiger charge is 2.28. The second-order valence-corrected chi connectivity index (χ2v) is 6.40. The molecule has 0 aliphatic heterocycles. The summed E-state index contributed by atoms with van der Waals surface area (Å²) in [5.74, 6) is -0.345. The second-order valence-electron chi connectivity index (χ2n) is 4.11. The molecule has 0 aromatic heterocycles. The molecule has 19 heavy (non-hydrogen) atoms. The zero-order valence-corrected chi connectivity index (χ0v) is 12.6. The van der Waals surface area contributed by atoms with E-state index < -0.39 is 16.1 Å². The molecular weight excluding hydrogens is 288 g/mol. The Labute approximate surface area is 118 Å². The smallest absolute Gasteiger partial charge is 0.243 e. The van der Waals surface area contributed by atoms with Crippen LogP contribution in [0.2, 0.25) is 5.02 Å². The van der Waals surface area contributed by atoms with Gasteiger partial charge in [0, 0.05) is 11.6 Å². The van der Waals surface area contributed by atoms with Crippen LogP contribution in [-0.2, 0) is 14.8 Å². The molecule has 0 aliphatic rings. The van der Waals surface area contributed by atoms with E-state index in [1.807, 2.05) is 0 Å². The number of rotatable bonds is 5. The maximum atomic E-state index is 11.9. The van der Waals surface area contributed by atoms with E-state index in [0.29, 0.717) is 17.3 Å². The molecule has 0 spiro atoms. The fraction of sp³-hybridized carbons (Fsp3) is 0.417. The van der Waals surface area contributed by atoms with Crippen molar-refractivity contribution in [2.75, 3.05) is 17.1 Å². The van der Waals surface area contributed by atoms with Gasteiger partial charge in [-0.05, 0) is 38.1 Å². The Morgan fingerprint density at radius 1 is 1.37 bits per heavy atom. The van der Waals surface area contributed by atoms with E-state index in [4.69, 9.17) is 11.6 Å². The molecule has 5 nitrogen and oxygen atoms in total. The standard InChI is InChI=1S/C12H17ClN2O3S/c1-4-14-12(16)9(2)15(19(3,17)18)11-7-5-10(13)6-8-11/h5-9H,4H2,1-3H3,(H,14,16)/t9-/m0/s1. The van der Waals surface area contributed by atoms with Crippen LogP contribution in [0.1, 0.15) is 13.8 Å². The molecular formula is C12H17ClN2O3S. The predicted molar refractivity (Wildman–Crippen MR) is 76.9 cm³/mol. The van der Waals surface area contributed by atoms with Crippen LogP contribution < -0.4 is 9.62 Å². The molecule has 1 rings (SSSR count). The van der Waals surface area contributed by atoms with Gasteiger partial charge in [0.05, 0.1) is 11.9 Å². The van der Waals surface area contributed by atoms with Gasteiger partial charge < -0.3 is 5.32 Å². The largest absolute Gasteiger partial charge is 0.355 e. The number of carbonyl (C=O) groups excluding carboxylic acids is 1. The first-order chi connectivity index (χ1) is 8.77. The Bertz CT molecular complexity index is 543. The molecule has 1 atom stereocenters. The van der Waals surface area contributed by atoms with Crippen molar-refractivity contribution >= 4 is 33.2 Å². The number of amides is 1. The van der Waals surface area contributed by atoms with E-state index in [0.717, 1.165) is 10.6 Å². The van der Waals surface area contributed by atoms with Gasteiger partial charge in [-0.25, -0.2) is 8.42 Å². The zero-order valence-electron chi connectivity index (χ0n) is 11.1. The molecule has 106 valence electrons. The first kappa shape index (κ1) is 15.8. The fourth-order valence-corrected chi connectivity index (χ4v) is 3.02. The highest BCUT2D eigenvalue weighted by molar-refractivity contribution is 7.92. The quantitative estimate of drug-likeness (QED) is 0.899. The monoisotopic (exact) mass is 304 g/mol. The maximum absolute atomic E-state index is 11.9. The van der Waals surface area contributed by atoms with Gasteiger partial charge in [0.1, 0.15) is 6.04 Å². The second kappa shape index (κ2) is 6.25. The lowest BCUT2D eigenvalue weighted by molar-refractivity contribution is -0.121. The van der Waals surface area contributed by atoms with Crippen LogP contribution in [0.3, 0.4) is 0 Å². The topological polar surface area (TPSA) is 66.5 Å². The van der Waals surface area contributed by atoms with Crippen molar-refractivity contribution in [3.63, 3.8) is 0 Å². The van der Waals surface area contributed by atoms with Crippen molar-refractivity contribution < 1.29 is 13.2 Å². The molecule has 1 N–H and O–H groups in total. The number of hydrogen-bond acceptors (Lipinski definition) is 3. The molecule has 0 unspecified atom stereocenters. The van der Waals surface area contributed by atoms with Crippen LogP contribution >= 0.6 is 11.6 Å². The minimum absolute atomic E-state index is 0.345. The van der Waals surface area contributed by atoms with Crippen LogP contribution in [-0.4, -0.2) is 33.2 Å². The van der Waals surface area contributed by atoms with Crippen molar-refractivity contribution in [2.45, 2.75) is 19.9 Å². The Kier molecular flexibility index (Phi) is 5.20. The summed E-state index contributed by atoms with van der Waals surface area (Å²) in [7, 11) is -3.56. The third-order valence-corrected chi connectivity index (χ3v) is 4.01. The summed E-state index contributed by atoms with van der Waals surface area (Å²) >= 11 is 5.78. The Morgan fingerprint density at radius 2 is 1.89 bits per heavy atom.